The lowest BCUT2D eigenvalue weighted by molar-refractivity contribution is 0.153. The van der Waals surface area contributed by atoms with Crippen LogP contribution in [0.4, 0.5) is 0 Å². The Bertz CT molecular complexity index is 516. The van der Waals surface area contributed by atoms with Crippen LogP contribution in [-0.2, 0) is 17.7 Å². The minimum atomic E-state index is -0.700. The van der Waals surface area contributed by atoms with Gasteiger partial charge in [0.05, 0.1) is 30.1 Å². The van der Waals surface area contributed by atoms with E-state index in [2.05, 4.69) is 10.1 Å². The first-order valence-corrected chi connectivity index (χ1v) is 6.37. The normalized spacial score (nSPS) is 12.6. The summed E-state index contributed by atoms with van der Waals surface area (Å²) in [7, 11) is 1.62. The third kappa shape index (κ3) is 3.53. The number of nitrogens with zero attached hydrogens (tertiary/aromatic N) is 3. The van der Waals surface area contributed by atoms with Crippen molar-refractivity contribution in [2.45, 2.75) is 19.1 Å². The van der Waals surface area contributed by atoms with Gasteiger partial charge in [-0.05, 0) is 17.7 Å². The Morgan fingerprint density at radius 2 is 2.16 bits per heavy atom. The molecule has 2 aromatic rings. The molecule has 0 radical (unpaired) electrons. The Balaban J connectivity index is 2.14. The van der Waals surface area contributed by atoms with E-state index in [1.807, 2.05) is 12.1 Å². The van der Waals surface area contributed by atoms with Gasteiger partial charge >= 0.3 is 0 Å². The molecule has 19 heavy (non-hydrogen) atoms. The Morgan fingerprint density at radius 1 is 1.42 bits per heavy atom. The van der Waals surface area contributed by atoms with Gasteiger partial charge in [-0.2, -0.15) is 5.10 Å². The maximum atomic E-state index is 10.3. The van der Waals surface area contributed by atoms with Gasteiger partial charge in [0.25, 0.3) is 0 Å². The summed E-state index contributed by atoms with van der Waals surface area (Å²) in [6.45, 7) is 1.08. The first kappa shape index (κ1) is 14.0. The maximum absolute atomic E-state index is 10.3. The number of methoxy groups -OCH3 is 1. The molecule has 0 aliphatic rings. The monoisotopic (exact) mass is 281 g/mol. The van der Waals surface area contributed by atoms with Gasteiger partial charge in [-0.1, -0.05) is 11.6 Å². The van der Waals surface area contributed by atoms with E-state index in [0.717, 1.165) is 5.56 Å². The van der Waals surface area contributed by atoms with Gasteiger partial charge in [0, 0.05) is 25.9 Å². The number of hydrogen-bond acceptors (Lipinski definition) is 4. The van der Waals surface area contributed by atoms with Crippen LogP contribution in [0, 0.1) is 0 Å². The van der Waals surface area contributed by atoms with Crippen LogP contribution >= 0.6 is 11.6 Å². The standard InChI is InChI=1S/C13H16ClN3O2/c1-19-7-6-17-13(11(14)9-16-17)12(18)8-10-2-4-15-5-3-10/h2-5,9,12,18H,6-8H2,1H3. The molecule has 0 fully saturated rings. The van der Waals surface area contributed by atoms with Gasteiger partial charge < -0.3 is 9.84 Å². The van der Waals surface area contributed by atoms with Crippen LogP contribution in [0.3, 0.4) is 0 Å². The molecule has 0 saturated carbocycles. The number of aliphatic hydroxyl groups is 1. The van der Waals surface area contributed by atoms with Crippen LogP contribution in [0.15, 0.2) is 30.7 Å². The van der Waals surface area contributed by atoms with Gasteiger partial charge in [0.15, 0.2) is 0 Å². The maximum Gasteiger partial charge on any atom is 0.101 e. The van der Waals surface area contributed by atoms with Crippen LogP contribution < -0.4 is 0 Å². The molecular weight excluding hydrogens is 266 g/mol. The molecule has 0 aromatic carbocycles. The highest BCUT2D eigenvalue weighted by atomic mass is 35.5. The third-order valence-corrected chi connectivity index (χ3v) is 3.13. The largest absolute Gasteiger partial charge is 0.386 e. The molecule has 5 nitrogen and oxygen atoms in total. The van der Waals surface area contributed by atoms with Crippen molar-refractivity contribution in [3.8, 4) is 0 Å². The average molecular weight is 282 g/mol. The van der Waals surface area contributed by atoms with E-state index in [4.69, 9.17) is 16.3 Å². The van der Waals surface area contributed by atoms with Crippen LogP contribution in [0.25, 0.3) is 0 Å². The SMILES string of the molecule is COCCn1ncc(Cl)c1C(O)Cc1ccncc1. The second kappa shape index (κ2) is 6.65. The van der Waals surface area contributed by atoms with Crippen molar-refractivity contribution in [3.63, 3.8) is 0 Å². The van der Waals surface area contributed by atoms with E-state index in [1.54, 1.807) is 30.4 Å². The van der Waals surface area contributed by atoms with Crippen LogP contribution in [-0.4, -0.2) is 33.6 Å². The molecule has 102 valence electrons. The van der Waals surface area contributed by atoms with E-state index in [-0.39, 0.29) is 0 Å². The molecular formula is C13H16ClN3O2. The van der Waals surface area contributed by atoms with E-state index >= 15 is 0 Å². The first-order chi connectivity index (χ1) is 9.22. The zero-order chi connectivity index (χ0) is 13.7. The fraction of sp³-hybridized carbons (Fsp3) is 0.385. The molecule has 1 unspecified atom stereocenters. The number of aliphatic hydroxyl groups excluding tert-OH is 1. The van der Waals surface area contributed by atoms with Crippen molar-refractivity contribution in [1.29, 1.82) is 0 Å². The zero-order valence-corrected chi connectivity index (χ0v) is 11.4. The summed E-state index contributed by atoms with van der Waals surface area (Å²) in [4.78, 5) is 3.95. The van der Waals surface area contributed by atoms with E-state index < -0.39 is 6.10 Å². The summed E-state index contributed by atoms with van der Waals surface area (Å²) >= 11 is 6.09. The smallest absolute Gasteiger partial charge is 0.101 e. The average Bonchev–Trinajstić information content (AvgIpc) is 2.78. The Labute approximate surface area is 116 Å². The fourth-order valence-electron chi connectivity index (χ4n) is 1.90. The predicted octanol–water partition coefficient (Wildman–Crippen LogP) is 1.85. The quantitative estimate of drug-likeness (QED) is 0.878. The van der Waals surface area contributed by atoms with Gasteiger partial charge in [0.2, 0.25) is 0 Å². The number of pyridine rings is 1. The van der Waals surface area contributed by atoms with Crippen molar-refractivity contribution >= 4 is 11.6 Å². The summed E-state index contributed by atoms with van der Waals surface area (Å²) in [5.74, 6) is 0. The molecule has 0 bridgehead atoms. The van der Waals surface area contributed by atoms with Gasteiger partial charge in [-0.3, -0.25) is 9.67 Å². The second-order valence-electron chi connectivity index (χ2n) is 4.17. The first-order valence-electron chi connectivity index (χ1n) is 5.99. The summed E-state index contributed by atoms with van der Waals surface area (Å²) in [6, 6.07) is 3.74. The minimum Gasteiger partial charge on any atom is -0.386 e. The van der Waals surface area contributed by atoms with Gasteiger partial charge in [-0.15, -0.1) is 0 Å². The van der Waals surface area contributed by atoms with Crippen LogP contribution in [0.2, 0.25) is 5.02 Å². The summed E-state index contributed by atoms with van der Waals surface area (Å²) in [5, 5.41) is 14.9. The van der Waals surface area contributed by atoms with E-state index in [1.165, 1.54) is 0 Å². The fourth-order valence-corrected chi connectivity index (χ4v) is 2.17. The van der Waals surface area contributed by atoms with Crippen molar-refractivity contribution in [2.75, 3.05) is 13.7 Å². The predicted molar refractivity (Wildman–Crippen MR) is 72.0 cm³/mol. The molecule has 0 aliphatic carbocycles. The second-order valence-corrected chi connectivity index (χ2v) is 4.58. The lowest BCUT2D eigenvalue weighted by Crippen LogP contribution is -2.14. The molecule has 0 spiro atoms. The third-order valence-electron chi connectivity index (χ3n) is 2.83. The number of aromatic nitrogens is 3. The number of halogens is 1. The Hall–Kier alpha value is -1.43. The van der Waals surface area contributed by atoms with Crippen molar-refractivity contribution in [3.05, 3.63) is 47.0 Å². The lowest BCUT2D eigenvalue weighted by Gasteiger charge is -2.14. The van der Waals surface area contributed by atoms with Crippen LogP contribution in [0.1, 0.15) is 17.4 Å². The number of rotatable bonds is 6. The highest BCUT2D eigenvalue weighted by molar-refractivity contribution is 6.31. The molecule has 2 aromatic heterocycles. The molecule has 6 heteroatoms. The molecule has 1 N–H and O–H groups in total. The van der Waals surface area contributed by atoms with E-state index in [9.17, 15) is 5.11 Å². The molecule has 0 aliphatic heterocycles. The molecule has 1 atom stereocenters. The summed E-state index contributed by atoms with van der Waals surface area (Å²) < 4.78 is 6.69. The molecule has 2 heterocycles. The van der Waals surface area contributed by atoms with Gasteiger partial charge in [0.1, 0.15) is 6.10 Å². The van der Waals surface area contributed by atoms with Crippen LogP contribution in [0.5, 0.6) is 0 Å². The Morgan fingerprint density at radius 3 is 2.84 bits per heavy atom. The van der Waals surface area contributed by atoms with Crippen molar-refractivity contribution in [1.82, 2.24) is 14.8 Å². The highest BCUT2D eigenvalue weighted by Gasteiger charge is 2.18. The van der Waals surface area contributed by atoms with E-state index in [0.29, 0.717) is 30.3 Å². The number of hydrogen-bond donors (Lipinski definition) is 1. The lowest BCUT2D eigenvalue weighted by atomic mass is 10.1. The van der Waals surface area contributed by atoms with Crippen molar-refractivity contribution in [2.24, 2.45) is 0 Å². The molecule has 2 rings (SSSR count). The minimum absolute atomic E-state index is 0.470. The van der Waals surface area contributed by atoms with Crippen molar-refractivity contribution < 1.29 is 9.84 Å². The zero-order valence-electron chi connectivity index (χ0n) is 10.7. The summed E-state index contributed by atoms with van der Waals surface area (Å²) in [5.41, 5.74) is 1.62. The topological polar surface area (TPSA) is 60.2 Å². The molecule has 0 saturated heterocycles. The van der Waals surface area contributed by atoms with Gasteiger partial charge in [-0.25, -0.2) is 0 Å². The molecule has 0 amide bonds. The number of ether oxygens (including phenoxy) is 1. The summed E-state index contributed by atoms with van der Waals surface area (Å²) in [6.07, 6.45) is 4.72. The Kier molecular flexibility index (Phi) is 4.90. The highest BCUT2D eigenvalue weighted by Crippen LogP contribution is 2.25.